The molecule has 0 spiro atoms. The molecule has 1 amide bonds. The van der Waals surface area contributed by atoms with Crippen LogP contribution in [-0.2, 0) is 20.9 Å². The summed E-state index contributed by atoms with van der Waals surface area (Å²) in [4.78, 5) is 24.1. The minimum absolute atomic E-state index is 0.119. The third-order valence-corrected chi connectivity index (χ3v) is 4.74. The third-order valence-electron chi connectivity index (χ3n) is 4.74. The minimum atomic E-state index is -0.798. The van der Waals surface area contributed by atoms with E-state index < -0.39 is 18.5 Å². The molecular weight excluding hydrogens is 354 g/mol. The number of carbonyl (C=O) groups excluding carboxylic acids is 2. The van der Waals surface area contributed by atoms with Crippen LogP contribution in [0.3, 0.4) is 0 Å². The largest absolute Gasteiger partial charge is 0.451 e. The van der Waals surface area contributed by atoms with Gasteiger partial charge in [0.1, 0.15) is 11.6 Å². The van der Waals surface area contributed by atoms with E-state index in [1.165, 1.54) is 6.08 Å². The van der Waals surface area contributed by atoms with E-state index in [2.05, 4.69) is 9.88 Å². The Bertz CT molecular complexity index is 947. The fourth-order valence-corrected chi connectivity index (χ4v) is 3.19. The summed E-state index contributed by atoms with van der Waals surface area (Å²) in [5.41, 5.74) is 3.79. The molecular formula is C22H23N3O3. The molecule has 1 aliphatic carbocycles. The second-order valence-electron chi connectivity index (χ2n) is 6.94. The Labute approximate surface area is 164 Å². The molecule has 0 unspecified atom stereocenters. The van der Waals surface area contributed by atoms with Gasteiger partial charge in [0, 0.05) is 24.0 Å². The summed E-state index contributed by atoms with van der Waals surface area (Å²) in [7, 11) is 0. The number of carbonyl (C=O) groups is 2. The Morgan fingerprint density at radius 2 is 2.00 bits per heavy atom. The molecule has 0 atom stereocenters. The SMILES string of the molecule is Cc1cc(/C=C(\C#N)C(=O)OCC(=O)NCc2ccccc2)c(C)n1C1CC1. The molecule has 6 heteroatoms. The van der Waals surface area contributed by atoms with Gasteiger partial charge in [-0.15, -0.1) is 0 Å². The number of hydrogen-bond donors (Lipinski definition) is 1. The first-order valence-electron chi connectivity index (χ1n) is 9.27. The Hall–Kier alpha value is -3.33. The molecule has 28 heavy (non-hydrogen) atoms. The van der Waals surface area contributed by atoms with Gasteiger partial charge in [0.25, 0.3) is 5.91 Å². The van der Waals surface area contributed by atoms with Gasteiger partial charge in [0.05, 0.1) is 0 Å². The van der Waals surface area contributed by atoms with E-state index in [9.17, 15) is 14.9 Å². The first-order valence-corrected chi connectivity index (χ1v) is 9.27. The lowest BCUT2D eigenvalue weighted by molar-refractivity contribution is -0.144. The van der Waals surface area contributed by atoms with Crippen molar-refractivity contribution in [2.24, 2.45) is 0 Å². The molecule has 3 rings (SSSR count). The standard InChI is InChI=1S/C22H23N3O3/c1-15-10-18(16(2)25(15)20-8-9-20)11-19(12-23)22(27)28-14-21(26)24-13-17-6-4-3-5-7-17/h3-7,10-11,20H,8-9,13-14H2,1-2H3,(H,24,26)/b19-11+. The minimum Gasteiger partial charge on any atom is -0.451 e. The van der Waals surface area contributed by atoms with Gasteiger partial charge in [0.15, 0.2) is 6.61 Å². The maximum absolute atomic E-state index is 12.2. The van der Waals surface area contributed by atoms with Crippen LogP contribution in [0.15, 0.2) is 42.0 Å². The van der Waals surface area contributed by atoms with Crippen molar-refractivity contribution in [2.45, 2.75) is 39.3 Å². The maximum Gasteiger partial charge on any atom is 0.349 e. The lowest BCUT2D eigenvalue weighted by Gasteiger charge is -2.07. The van der Waals surface area contributed by atoms with Crippen LogP contribution in [0.25, 0.3) is 6.08 Å². The van der Waals surface area contributed by atoms with Gasteiger partial charge in [-0.05, 0) is 50.0 Å². The quantitative estimate of drug-likeness (QED) is 0.456. The van der Waals surface area contributed by atoms with Crippen molar-refractivity contribution < 1.29 is 14.3 Å². The van der Waals surface area contributed by atoms with Crippen LogP contribution >= 0.6 is 0 Å². The summed E-state index contributed by atoms with van der Waals surface area (Å²) < 4.78 is 7.24. The monoisotopic (exact) mass is 377 g/mol. The predicted molar refractivity (Wildman–Crippen MR) is 105 cm³/mol. The van der Waals surface area contributed by atoms with E-state index in [-0.39, 0.29) is 5.57 Å². The molecule has 1 saturated carbocycles. The smallest absolute Gasteiger partial charge is 0.349 e. The highest BCUT2D eigenvalue weighted by atomic mass is 16.5. The summed E-state index contributed by atoms with van der Waals surface area (Å²) >= 11 is 0. The van der Waals surface area contributed by atoms with Crippen molar-refractivity contribution in [2.75, 3.05) is 6.61 Å². The van der Waals surface area contributed by atoms with Crippen LogP contribution in [0.1, 0.15) is 41.4 Å². The summed E-state index contributed by atoms with van der Waals surface area (Å²) in [6, 6.07) is 13.8. The fraction of sp³-hybridized carbons (Fsp3) is 0.318. The van der Waals surface area contributed by atoms with Crippen molar-refractivity contribution >= 4 is 18.0 Å². The number of nitrogens with zero attached hydrogens (tertiary/aromatic N) is 2. The van der Waals surface area contributed by atoms with E-state index in [4.69, 9.17) is 4.74 Å². The highest BCUT2D eigenvalue weighted by Gasteiger charge is 2.27. The van der Waals surface area contributed by atoms with Crippen molar-refractivity contribution in [3.05, 3.63) is 64.5 Å². The van der Waals surface area contributed by atoms with Crippen molar-refractivity contribution in [1.82, 2.24) is 9.88 Å². The number of esters is 1. The van der Waals surface area contributed by atoms with Gasteiger partial charge in [-0.2, -0.15) is 5.26 Å². The molecule has 1 aromatic carbocycles. The van der Waals surface area contributed by atoms with Crippen LogP contribution < -0.4 is 5.32 Å². The molecule has 1 aliphatic rings. The highest BCUT2D eigenvalue weighted by Crippen LogP contribution is 2.38. The lowest BCUT2D eigenvalue weighted by atomic mass is 10.1. The summed E-state index contributed by atoms with van der Waals surface area (Å²) in [6.07, 6.45) is 3.85. The third kappa shape index (κ3) is 4.68. The number of nitrogens with one attached hydrogen (secondary N) is 1. The van der Waals surface area contributed by atoms with Crippen molar-refractivity contribution in [3.63, 3.8) is 0 Å². The number of rotatable bonds is 7. The molecule has 0 saturated heterocycles. The average molecular weight is 377 g/mol. The van der Waals surface area contributed by atoms with Gasteiger partial charge in [-0.3, -0.25) is 4.79 Å². The molecule has 1 aromatic heterocycles. The topological polar surface area (TPSA) is 84.1 Å². The van der Waals surface area contributed by atoms with E-state index in [1.807, 2.05) is 56.3 Å². The molecule has 0 aliphatic heterocycles. The number of benzene rings is 1. The summed E-state index contributed by atoms with van der Waals surface area (Å²) in [6.45, 7) is 3.93. The Balaban J connectivity index is 1.58. The summed E-state index contributed by atoms with van der Waals surface area (Å²) in [5, 5.41) is 12.0. The molecule has 6 nitrogen and oxygen atoms in total. The first-order chi connectivity index (χ1) is 13.5. The van der Waals surface area contributed by atoms with Gasteiger partial charge in [-0.1, -0.05) is 30.3 Å². The molecule has 0 bridgehead atoms. The Morgan fingerprint density at radius 3 is 2.64 bits per heavy atom. The molecule has 0 radical (unpaired) electrons. The number of nitriles is 1. The van der Waals surface area contributed by atoms with Gasteiger partial charge >= 0.3 is 5.97 Å². The van der Waals surface area contributed by atoms with Crippen LogP contribution in [0, 0.1) is 25.2 Å². The second kappa shape index (κ2) is 8.57. The van der Waals surface area contributed by atoms with E-state index in [0.717, 1.165) is 35.4 Å². The fourth-order valence-electron chi connectivity index (χ4n) is 3.19. The predicted octanol–water partition coefficient (Wildman–Crippen LogP) is 3.21. The second-order valence-corrected chi connectivity index (χ2v) is 6.94. The highest BCUT2D eigenvalue weighted by molar-refractivity contribution is 5.99. The van der Waals surface area contributed by atoms with Crippen LogP contribution in [0.5, 0.6) is 0 Å². The summed E-state index contributed by atoms with van der Waals surface area (Å²) in [5.74, 6) is -1.21. The first kappa shape index (κ1) is 19.4. The maximum atomic E-state index is 12.2. The van der Waals surface area contributed by atoms with Gasteiger partial charge in [-0.25, -0.2) is 4.79 Å². The molecule has 2 aromatic rings. The zero-order chi connectivity index (χ0) is 20.1. The normalized spacial score (nSPS) is 13.7. The van der Waals surface area contributed by atoms with Gasteiger partial charge < -0.3 is 14.6 Å². The number of hydrogen-bond acceptors (Lipinski definition) is 4. The molecule has 1 fully saturated rings. The van der Waals surface area contributed by atoms with Crippen LogP contribution in [0.4, 0.5) is 0 Å². The number of aromatic nitrogens is 1. The molecule has 1 N–H and O–H groups in total. The Morgan fingerprint density at radius 1 is 1.29 bits per heavy atom. The van der Waals surface area contributed by atoms with E-state index >= 15 is 0 Å². The lowest BCUT2D eigenvalue weighted by Crippen LogP contribution is -2.28. The number of ether oxygens (including phenoxy) is 1. The van der Waals surface area contributed by atoms with Crippen molar-refractivity contribution in [1.29, 1.82) is 5.26 Å². The van der Waals surface area contributed by atoms with Gasteiger partial charge in [0.2, 0.25) is 0 Å². The molecule has 1 heterocycles. The van der Waals surface area contributed by atoms with Crippen LogP contribution in [0.2, 0.25) is 0 Å². The average Bonchev–Trinajstić information content (AvgIpc) is 3.49. The number of amides is 1. The number of aryl methyl sites for hydroxylation is 1. The van der Waals surface area contributed by atoms with Crippen LogP contribution in [-0.4, -0.2) is 23.1 Å². The Kier molecular flexibility index (Phi) is 5.95. The molecule has 144 valence electrons. The van der Waals surface area contributed by atoms with E-state index in [0.29, 0.717) is 12.6 Å². The zero-order valence-corrected chi connectivity index (χ0v) is 16.1. The van der Waals surface area contributed by atoms with Crippen molar-refractivity contribution in [3.8, 4) is 6.07 Å². The van der Waals surface area contributed by atoms with E-state index in [1.54, 1.807) is 0 Å². The zero-order valence-electron chi connectivity index (χ0n) is 16.1.